The number of ether oxygens (including phenoxy) is 1. The summed E-state index contributed by atoms with van der Waals surface area (Å²) < 4.78 is 19.3. The van der Waals surface area contributed by atoms with E-state index in [4.69, 9.17) is 16.3 Å². The van der Waals surface area contributed by atoms with E-state index < -0.39 is 22.0 Å². The molecule has 1 aromatic carbocycles. The molecule has 0 N–H and O–H groups in total. The van der Waals surface area contributed by atoms with Gasteiger partial charge in [-0.05, 0) is 11.6 Å². The minimum Gasteiger partial charge on any atom is -0.489 e. The molecule has 9 heteroatoms. The summed E-state index contributed by atoms with van der Waals surface area (Å²) in [5.74, 6) is -0.911. The molecule has 2 rings (SSSR count). The van der Waals surface area contributed by atoms with Gasteiger partial charge < -0.3 is 4.74 Å². The first kappa shape index (κ1) is 14.9. The Kier molecular flexibility index (Phi) is 4.18. The molecule has 0 aliphatic carbocycles. The summed E-state index contributed by atoms with van der Waals surface area (Å²) in [6, 6.07) is 3.07. The Morgan fingerprint density at radius 3 is 2.81 bits per heavy atom. The molecule has 0 atom stereocenters. The van der Waals surface area contributed by atoms with E-state index in [9.17, 15) is 19.3 Å². The number of hydrogen-bond donors (Lipinski definition) is 0. The van der Waals surface area contributed by atoms with Crippen LogP contribution >= 0.6 is 11.6 Å². The summed E-state index contributed by atoms with van der Waals surface area (Å²) in [5, 5.41) is 10.6. The molecule has 7 nitrogen and oxygen atoms in total. The van der Waals surface area contributed by atoms with Crippen molar-refractivity contribution in [1.29, 1.82) is 0 Å². The lowest BCUT2D eigenvalue weighted by atomic mass is 10.2. The fourth-order valence-electron chi connectivity index (χ4n) is 1.76. The third-order valence-corrected chi connectivity index (χ3v) is 2.93. The zero-order chi connectivity index (χ0) is 15.6. The van der Waals surface area contributed by atoms with Gasteiger partial charge in [0.05, 0.1) is 31.0 Å². The lowest BCUT2D eigenvalue weighted by Crippen LogP contribution is -2.22. The number of nitro benzene ring substituents is 1. The van der Waals surface area contributed by atoms with Crippen LogP contribution in [-0.4, -0.2) is 21.6 Å². The smallest absolute Gasteiger partial charge is 0.297 e. The van der Waals surface area contributed by atoms with Crippen LogP contribution in [0.4, 0.5) is 10.1 Å². The first-order valence-electron chi connectivity index (χ1n) is 5.65. The molecule has 1 aromatic heterocycles. The van der Waals surface area contributed by atoms with Gasteiger partial charge in [-0.25, -0.2) is 9.37 Å². The number of rotatable bonds is 4. The summed E-state index contributed by atoms with van der Waals surface area (Å²) in [7, 11) is 1.27. The van der Waals surface area contributed by atoms with Crippen molar-refractivity contribution in [3.05, 3.63) is 61.5 Å². The minimum atomic E-state index is -0.763. The predicted molar refractivity (Wildman–Crippen MR) is 72.2 cm³/mol. The lowest BCUT2D eigenvalue weighted by molar-refractivity contribution is -0.385. The van der Waals surface area contributed by atoms with Gasteiger partial charge in [-0.1, -0.05) is 11.6 Å². The maximum Gasteiger partial charge on any atom is 0.297 e. The highest BCUT2D eigenvalue weighted by Gasteiger charge is 2.13. The van der Waals surface area contributed by atoms with Gasteiger partial charge in [0.2, 0.25) is 5.75 Å². The van der Waals surface area contributed by atoms with Crippen molar-refractivity contribution in [3.63, 3.8) is 0 Å². The number of halogens is 2. The van der Waals surface area contributed by atoms with Gasteiger partial charge in [0.1, 0.15) is 5.82 Å². The normalized spacial score (nSPS) is 10.4. The monoisotopic (exact) mass is 313 g/mol. The quantitative estimate of drug-likeness (QED) is 0.489. The molecule has 110 valence electrons. The standard InChI is InChI=1S/C12H9ClFN3O4/c1-21-10-11(13)15-6-16(12(10)18)5-7-2-8(14)4-9(3-7)17(19)20/h2-4,6H,5H2,1H3. The molecule has 1 heterocycles. The van der Waals surface area contributed by atoms with Gasteiger partial charge in [0.15, 0.2) is 5.15 Å². The molecule has 0 saturated carbocycles. The fourth-order valence-corrected chi connectivity index (χ4v) is 1.96. The van der Waals surface area contributed by atoms with Gasteiger partial charge in [0, 0.05) is 6.07 Å². The van der Waals surface area contributed by atoms with Crippen LogP contribution in [0.2, 0.25) is 5.15 Å². The molecule has 21 heavy (non-hydrogen) atoms. The highest BCUT2D eigenvalue weighted by Crippen LogP contribution is 2.18. The lowest BCUT2D eigenvalue weighted by Gasteiger charge is -2.08. The Morgan fingerprint density at radius 1 is 1.48 bits per heavy atom. The molecule has 0 amide bonds. The van der Waals surface area contributed by atoms with Crippen LogP contribution in [-0.2, 0) is 6.54 Å². The van der Waals surface area contributed by atoms with Crippen molar-refractivity contribution in [1.82, 2.24) is 9.55 Å². The number of nitro groups is 1. The number of methoxy groups -OCH3 is 1. The first-order valence-corrected chi connectivity index (χ1v) is 6.03. The van der Waals surface area contributed by atoms with Crippen molar-refractivity contribution in [2.45, 2.75) is 6.54 Å². The van der Waals surface area contributed by atoms with Gasteiger partial charge in [-0.3, -0.25) is 19.5 Å². The van der Waals surface area contributed by atoms with Crippen LogP contribution in [0.5, 0.6) is 5.75 Å². The summed E-state index contributed by atoms with van der Waals surface area (Å²) >= 11 is 5.70. The van der Waals surface area contributed by atoms with E-state index in [0.717, 1.165) is 23.0 Å². The maximum absolute atomic E-state index is 13.3. The Morgan fingerprint density at radius 2 is 2.19 bits per heavy atom. The molecule has 0 aliphatic heterocycles. The van der Waals surface area contributed by atoms with Crippen molar-refractivity contribution in [2.75, 3.05) is 7.11 Å². The topological polar surface area (TPSA) is 87.3 Å². The molecule has 2 aromatic rings. The van der Waals surface area contributed by atoms with E-state index in [1.807, 2.05) is 0 Å². The SMILES string of the molecule is COc1c(Cl)ncn(Cc2cc(F)cc([N+](=O)[O-])c2)c1=O. The molecule has 0 saturated heterocycles. The predicted octanol–water partition coefficient (Wildman–Crippen LogP) is 2.00. The van der Waals surface area contributed by atoms with E-state index in [1.54, 1.807) is 0 Å². The fraction of sp³-hybridized carbons (Fsp3) is 0.167. The van der Waals surface area contributed by atoms with Crippen LogP contribution < -0.4 is 10.3 Å². The van der Waals surface area contributed by atoms with Crippen molar-refractivity contribution in [2.24, 2.45) is 0 Å². The first-order chi connectivity index (χ1) is 9.92. The van der Waals surface area contributed by atoms with Crippen molar-refractivity contribution < 1.29 is 14.1 Å². The second-order valence-electron chi connectivity index (χ2n) is 4.08. The zero-order valence-electron chi connectivity index (χ0n) is 10.7. The van der Waals surface area contributed by atoms with E-state index in [-0.39, 0.29) is 23.0 Å². The van der Waals surface area contributed by atoms with Gasteiger partial charge in [-0.2, -0.15) is 0 Å². The third-order valence-electron chi connectivity index (χ3n) is 2.66. The number of nitrogens with zero attached hydrogens (tertiary/aromatic N) is 3. The maximum atomic E-state index is 13.3. The van der Waals surface area contributed by atoms with Gasteiger partial charge >= 0.3 is 0 Å². The molecule has 0 fully saturated rings. The summed E-state index contributed by atoms with van der Waals surface area (Å²) in [6.45, 7) is -0.0992. The zero-order valence-corrected chi connectivity index (χ0v) is 11.5. The van der Waals surface area contributed by atoms with Crippen LogP contribution in [0.25, 0.3) is 0 Å². The molecule has 0 bridgehead atoms. The second-order valence-corrected chi connectivity index (χ2v) is 4.43. The Balaban J connectivity index is 2.43. The summed E-state index contributed by atoms with van der Waals surface area (Å²) in [5.41, 5.74) is -0.716. The van der Waals surface area contributed by atoms with Crippen molar-refractivity contribution >= 4 is 17.3 Å². The highest BCUT2D eigenvalue weighted by molar-refractivity contribution is 6.30. The van der Waals surface area contributed by atoms with Crippen LogP contribution in [0.1, 0.15) is 5.56 Å². The van der Waals surface area contributed by atoms with Gasteiger partial charge in [0.25, 0.3) is 11.2 Å². The number of benzene rings is 1. The van der Waals surface area contributed by atoms with Crippen LogP contribution in [0.3, 0.4) is 0 Å². The summed E-state index contributed by atoms with van der Waals surface area (Å²) in [4.78, 5) is 25.8. The molecular weight excluding hydrogens is 305 g/mol. The highest BCUT2D eigenvalue weighted by atomic mass is 35.5. The molecule has 0 spiro atoms. The van der Waals surface area contributed by atoms with E-state index in [0.29, 0.717) is 0 Å². The third kappa shape index (κ3) is 3.16. The Hall–Kier alpha value is -2.48. The molecular formula is C12H9ClFN3O4. The average Bonchev–Trinajstić information content (AvgIpc) is 2.42. The van der Waals surface area contributed by atoms with Crippen LogP contribution in [0, 0.1) is 15.9 Å². The molecule has 0 unspecified atom stereocenters. The largest absolute Gasteiger partial charge is 0.489 e. The van der Waals surface area contributed by atoms with E-state index in [1.165, 1.54) is 13.2 Å². The van der Waals surface area contributed by atoms with E-state index in [2.05, 4.69) is 4.98 Å². The van der Waals surface area contributed by atoms with Crippen LogP contribution in [0.15, 0.2) is 29.3 Å². The molecule has 0 aliphatic rings. The summed E-state index contributed by atoms with van der Waals surface area (Å²) in [6.07, 6.45) is 1.16. The number of aromatic nitrogens is 2. The second kappa shape index (κ2) is 5.88. The Labute approximate surface area is 122 Å². The van der Waals surface area contributed by atoms with Gasteiger partial charge in [-0.15, -0.1) is 0 Å². The van der Waals surface area contributed by atoms with Crippen molar-refractivity contribution in [3.8, 4) is 5.75 Å². The Bertz CT molecular complexity index is 763. The number of non-ortho nitro benzene ring substituents is 1. The van der Waals surface area contributed by atoms with E-state index >= 15 is 0 Å². The minimum absolute atomic E-state index is 0.0935. The number of hydrogen-bond acceptors (Lipinski definition) is 5. The average molecular weight is 314 g/mol. The molecule has 0 radical (unpaired) electrons.